The van der Waals surface area contributed by atoms with E-state index in [0.29, 0.717) is 13.2 Å². The maximum atomic E-state index is 5.48. The molecular weight excluding hydrogens is 146 g/mol. The first-order valence-electron chi connectivity index (χ1n) is 3.11. The van der Waals surface area contributed by atoms with E-state index in [-0.39, 0.29) is 0 Å². The number of ether oxygens (including phenoxy) is 1. The van der Waals surface area contributed by atoms with Crippen LogP contribution in [0.1, 0.15) is 11.1 Å². The van der Waals surface area contributed by atoms with Crippen molar-refractivity contribution in [3.05, 3.63) is 21.9 Å². The van der Waals surface area contributed by atoms with Crippen molar-refractivity contribution in [1.29, 1.82) is 0 Å². The van der Waals surface area contributed by atoms with Gasteiger partial charge in [0.15, 0.2) is 0 Å². The van der Waals surface area contributed by atoms with Crippen LogP contribution in [0.4, 0.5) is 0 Å². The van der Waals surface area contributed by atoms with Crippen molar-refractivity contribution in [3.63, 3.8) is 0 Å². The van der Waals surface area contributed by atoms with E-state index in [1.807, 2.05) is 0 Å². The molecule has 2 nitrogen and oxygen atoms in total. The lowest BCUT2D eigenvalue weighted by Crippen LogP contribution is -1.98. The van der Waals surface area contributed by atoms with Gasteiger partial charge in [0.2, 0.25) is 0 Å². The molecule has 0 unspecified atom stereocenters. The molecule has 0 saturated carbocycles. The molecule has 0 bridgehead atoms. The van der Waals surface area contributed by atoms with Crippen molar-refractivity contribution in [2.45, 2.75) is 13.2 Å². The smallest absolute Gasteiger partial charge is 0.0724 e. The van der Waals surface area contributed by atoms with Crippen molar-refractivity contribution in [2.24, 2.45) is 5.73 Å². The number of hydrogen-bond acceptors (Lipinski definition) is 3. The van der Waals surface area contributed by atoms with E-state index in [4.69, 9.17) is 10.5 Å². The predicted molar refractivity (Wildman–Crippen MR) is 42.9 cm³/mol. The average molecular weight is 157 g/mol. The summed E-state index contributed by atoms with van der Waals surface area (Å²) in [6.45, 7) is 1.29. The number of rotatable bonds is 3. The van der Waals surface area contributed by atoms with E-state index < -0.39 is 0 Å². The van der Waals surface area contributed by atoms with Crippen molar-refractivity contribution in [3.8, 4) is 0 Å². The van der Waals surface area contributed by atoms with Gasteiger partial charge in [-0.05, 0) is 21.9 Å². The Balaban J connectivity index is 2.70. The van der Waals surface area contributed by atoms with Gasteiger partial charge in [0.25, 0.3) is 0 Å². The summed E-state index contributed by atoms with van der Waals surface area (Å²) >= 11 is 1.67. The van der Waals surface area contributed by atoms with Crippen molar-refractivity contribution in [1.82, 2.24) is 0 Å². The number of nitrogens with two attached hydrogens (primary N) is 1. The summed E-state index contributed by atoms with van der Waals surface area (Å²) in [5.74, 6) is 0. The van der Waals surface area contributed by atoms with Crippen LogP contribution >= 0.6 is 11.3 Å². The first-order valence-corrected chi connectivity index (χ1v) is 4.05. The molecule has 10 heavy (non-hydrogen) atoms. The van der Waals surface area contributed by atoms with Crippen LogP contribution in [0.25, 0.3) is 0 Å². The molecule has 1 heterocycles. The Labute approximate surface area is 64.6 Å². The second-order valence-electron chi connectivity index (χ2n) is 2.06. The van der Waals surface area contributed by atoms with Gasteiger partial charge in [0.1, 0.15) is 0 Å². The Morgan fingerprint density at radius 2 is 2.20 bits per heavy atom. The highest BCUT2D eigenvalue weighted by molar-refractivity contribution is 7.08. The molecule has 0 fully saturated rings. The minimum Gasteiger partial charge on any atom is -0.380 e. The third kappa shape index (κ3) is 1.56. The summed E-state index contributed by atoms with van der Waals surface area (Å²) in [6.07, 6.45) is 0. The standard InChI is InChI=1S/C7H11NOS/c1-9-3-7-5-10-4-6(7)2-8/h4-5H,2-3,8H2,1H3. The lowest BCUT2D eigenvalue weighted by molar-refractivity contribution is 0.184. The summed E-state index contributed by atoms with van der Waals surface area (Å²) < 4.78 is 4.98. The van der Waals surface area contributed by atoms with Gasteiger partial charge < -0.3 is 10.5 Å². The first kappa shape index (κ1) is 7.72. The molecule has 0 aliphatic rings. The molecule has 0 saturated heterocycles. The highest BCUT2D eigenvalue weighted by Crippen LogP contribution is 2.14. The highest BCUT2D eigenvalue weighted by Gasteiger charge is 1.99. The van der Waals surface area contributed by atoms with E-state index in [2.05, 4.69) is 10.8 Å². The normalized spacial score (nSPS) is 10.2. The zero-order valence-electron chi connectivity index (χ0n) is 5.96. The fourth-order valence-corrected chi connectivity index (χ4v) is 1.67. The van der Waals surface area contributed by atoms with Crippen molar-refractivity contribution in [2.75, 3.05) is 7.11 Å². The largest absolute Gasteiger partial charge is 0.380 e. The molecule has 1 aromatic heterocycles. The van der Waals surface area contributed by atoms with Gasteiger partial charge >= 0.3 is 0 Å². The summed E-state index contributed by atoms with van der Waals surface area (Å²) in [4.78, 5) is 0. The minimum absolute atomic E-state index is 0.613. The molecule has 0 spiro atoms. The van der Waals surface area contributed by atoms with E-state index in [1.165, 1.54) is 11.1 Å². The Morgan fingerprint density at radius 3 is 2.80 bits per heavy atom. The van der Waals surface area contributed by atoms with Crippen molar-refractivity contribution >= 4 is 11.3 Å². The van der Waals surface area contributed by atoms with Crippen LogP contribution in [0.3, 0.4) is 0 Å². The second kappa shape index (κ2) is 3.71. The van der Waals surface area contributed by atoms with E-state index >= 15 is 0 Å². The zero-order chi connectivity index (χ0) is 7.40. The van der Waals surface area contributed by atoms with Crippen LogP contribution in [0.2, 0.25) is 0 Å². The Kier molecular flexibility index (Phi) is 2.86. The van der Waals surface area contributed by atoms with E-state index in [1.54, 1.807) is 18.4 Å². The molecular formula is C7H11NOS. The molecule has 56 valence electrons. The lowest BCUT2D eigenvalue weighted by atomic mass is 10.2. The molecule has 0 radical (unpaired) electrons. The summed E-state index contributed by atoms with van der Waals surface area (Å²) in [5, 5.41) is 4.14. The van der Waals surface area contributed by atoms with Crippen LogP contribution in [0.15, 0.2) is 10.8 Å². The second-order valence-corrected chi connectivity index (χ2v) is 2.80. The van der Waals surface area contributed by atoms with E-state index in [0.717, 1.165) is 0 Å². The maximum Gasteiger partial charge on any atom is 0.0724 e. The van der Waals surface area contributed by atoms with Crippen LogP contribution in [0.5, 0.6) is 0 Å². The third-order valence-electron chi connectivity index (χ3n) is 1.35. The summed E-state index contributed by atoms with van der Waals surface area (Å²) in [6, 6.07) is 0. The van der Waals surface area contributed by atoms with E-state index in [9.17, 15) is 0 Å². The lowest BCUT2D eigenvalue weighted by Gasteiger charge is -1.97. The van der Waals surface area contributed by atoms with Gasteiger partial charge in [-0.1, -0.05) is 0 Å². The number of thiophene rings is 1. The molecule has 2 N–H and O–H groups in total. The van der Waals surface area contributed by atoms with Gasteiger partial charge in [0, 0.05) is 13.7 Å². The molecule has 0 aliphatic heterocycles. The third-order valence-corrected chi connectivity index (χ3v) is 2.19. The Morgan fingerprint density at radius 1 is 1.50 bits per heavy atom. The fourth-order valence-electron chi connectivity index (χ4n) is 0.811. The highest BCUT2D eigenvalue weighted by atomic mass is 32.1. The molecule has 0 aliphatic carbocycles. The van der Waals surface area contributed by atoms with Crippen LogP contribution in [-0.4, -0.2) is 7.11 Å². The summed E-state index contributed by atoms with van der Waals surface area (Å²) in [7, 11) is 1.69. The topological polar surface area (TPSA) is 35.2 Å². The maximum absolute atomic E-state index is 5.48. The molecule has 0 atom stereocenters. The average Bonchev–Trinajstić information content (AvgIpc) is 2.36. The van der Waals surface area contributed by atoms with Crippen LogP contribution in [0, 0.1) is 0 Å². The van der Waals surface area contributed by atoms with Crippen LogP contribution < -0.4 is 5.73 Å². The van der Waals surface area contributed by atoms with Gasteiger partial charge in [-0.2, -0.15) is 11.3 Å². The predicted octanol–water partition coefficient (Wildman–Crippen LogP) is 1.35. The first-order chi connectivity index (χ1) is 4.88. The monoisotopic (exact) mass is 157 g/mol. The van der Waals surface area contributed by atoms with Gasteiger partial charge in [-0.15, -0.1) is 0 Å². The minimum atomic E-state index is 0.613. The Hall–Kier alpha value is -0.380. The van der Waals surface area contributed by atoms with Gasteiger partial charge in [0.05, 0.1) is 6.61 Å². The molecule has 0 amide bonds. The zero-order valence-corrected chi connectivity index (χ0v) is 6.78. The molecule has 0 aromatic carbocycles. The molecule has 3 heteroatoms. The molecule has 1 rings (SSSR count). The summed E-state index contributed by atoms with van der Waals surface area (Å²) in [5.41, 5.74) is 7.89. The molecule has 1 aromatic rings. The van der Waals surface area contributed by atoms with Crippen LogP contribution in [-0.2, 0) is 17.9 Å². The van der Waals surface area contributed by atoms with Gasteiger partial charge in [-0.3, -0.25) is 0 Å². The fraction of sp³-hybridized carbons (Fsp3) is 0.429. The SMILES string of the molecule is COCc1cscc1CN. The number of hydrogen-bond donors (Lipinski definition) is 1. The van der Waals surface area contributed by atoms with Gasteiger partial charge in [-0.25, -0.2) is 0 Å². The Bertz CT molecular complexity index is 197. The number of methoxy groups -OCH3 is 1. The van der Waals surface area contributed by atoms with Crippen molar-refractivity contribution < 1.29 is 4.74 Å². The quantitative estimate of drug-likeness (QED) is 0.719.